The van der Waals surface area contributed by atoms with Crippen molar-refractivity contribution in [3.63, 3.8) is 0 Å². The molecule has 2 aromatic heterocycles. The number of halogens is 1. The van der Waals surface area contributed by atoms with Crippen LogP contribution in [0.2, 0.25) is 0 Å². The number of nitrogens with zero attached hydrogens (tertiary/aromatic N) is 3. The molecule has 0 aliphatic rings. The molecule has 5 heteroatoms. The normalized spacial score (nSPS) is 10.9. The molecule has 0 spiro atoms. The van der Waals surface area contributed by atoms with E-state index >= 15 is 0 Å². The smallest absolute Gasteiger partial charge is 0.126 e. The molecule has 0 bridgehead atoms. The third-order valence-electron chi connectivity index (χ3n) is 3.47. The fourth-order valence-corrected chi connectivity index (χ4v) is 2.58. The molecule has 0 saturated carbocycles. The van der Waals surface area contributed by atoms with Crippen molar-refractivity contribution in [3.05, 3.63) is 52.3 Å². The molecule has 0 atom stereocenters. The monoisotopic (exact) mass is 330 g/mol. The van der Waals surface area contributed by atoms with Crippen molar-refractivity contribution in [2.75, 3.05) is 5.32 Å². The van der Waals surface area contributed by atoms with E-state index in [1.165, 1.54) is 11.3 Å². The van der Waals surface area contributed by atoms with Gasteiger partial charge in [0.25, 0.3) is 0 Å². The molecule has 4 nitrogen and oxygen atoms in total. The Balaban J connectivity index is 1.84. The van der Waals surface area contributed by atoms with Gasteiger partial charge in [-0.1, -0.05) is 12.1 Å². The molecule has 0 unspecified atom stereocenters. The Morgan fingerprint density at radius 2 is 2.10 bits per heavy atom. The number of fused-ring (bicyclic) bond motifs is 1. The predicted octanol–water partition coefficient (Wildman–Crippen LogP) is 3.65. The van der Waals surface area contributed by atoms with Crippen LogP contribution in [0.25, 0.3) is 10.9 Å². The molecule has 1 N–H and O–H groups in total. The van der Waals surface area contributed by atoms with Gasteiger partial charge in [-0.25, -0.2) is 4.98 Å². The van der Waals surface area contributed by atoms with Gasteiger partial charge in [-0.15, -0.1) is 0 Å². The third kappa shape index (κ3) is 2.41. The second kappa shape index (κ2) is 5.25. The summed E-state index contributed by atoms with van der Waals surface area (Å²) in [5.74, 6) is 0.868. The van der Waals surface area contributed by atoms with Crippen molar-refractivity contribution in [1.82, 2.24) is 14.8 Å². The molecular weight excluding hydrogens is 316 g/mol. The van der Waals surface area contributed by atoms with Crippen molar-refractivity contribution in [1.29, 1.82) is 0 Å². The first-order valence-electron chi connectivity index (χ1n) is 6.42. The zero-order valence-electron chi connectivity index (χ0n) is 11.4. The Morgan fingerprint density at radius 3 is 2.85 bits per heavy atom. The summed E-state index contributed by atoms with van der Waals surface area (Å²) in [5, 5.41) is 8.72. The quantitative estimate of drug-likeness (QED) is 0.797. The van der Waals surface area contributed by atoms with Gasteiger partial charge >= 0.3 is 0 Å². The first kappa shape index (κ1) is 13.1. The molecule has 2 heterocycles. The van der Waals surface area contributed by atoms with Gasteiger partial charge in [0.1, 0.15) is 5.82 Å². The van der Waals surface area contributed by atoms with Gasteiger partial charge in [0.15, 0.2) is 0 Å². The minimum Gasteiger partial charge on any atom is -0.366 e. The molecule has 0 fully saturated rings. The van der Waals surface area contributed by atoms with Crippen LogP contribution in [0.3, 0.4) is 0 Å². The van der Waals surface area contributed by atoms with E-state index in [4.69, 9.17) is 0 Å². The summed E-state index contributed by atoms with van der Waals surface area (Å²) in [6, 6.07) is 10.2. The molecular formula is C15H15BrN4. The van der Waals surface area contributed by atoms with Gasteiger partial charge in [-0.3, -0.25) is 4.68 Å². The van der Waals surface area contributed by atoms with Crippen molar-refractivity contribution < 1.29 is 0 Å². The highest BCUT2D eigenvalue weighted by molar-refractivity contribution is 9.10. The van der Waals surface area contributed by atoms with E-state index < -0.39 is 0 Å². The van der Waals surface area contributed by atoms with Gasteiger partial charge in [-0.2, -0.15) is 5.10 Å². The van der Waals surface area contributed by atoms with E-state index in [2.05, 4.69) is 50.4 Å². The van der Waals surface area contributed by atoms with Crippen LogP contribution in [0.4, 0.5) is 5.82 Å². The summed E-state index contributed by atoms with van der Waals surface area (Å²) in [6.45, 7) is 2.79. The van der Waals surface area contributed by atoms with Crippen molar-refractivity contribution in [2.45, 2.75) is 13.5 Å². The zero-order valence-corrected chi connectivity index (χ0v) is 13.0. The fraction of sp³-hybridized carbons (Fsp3) is 0.200. The van der Waals surface area contributed by atoms with E-state index in [-0.39, 0.29) is 0 Å². The average molecular weight is 331 g/mol. The first-order valence-corrected chi connectivity index (χ1v) is 7.21. The molecule has 3 rings (SSSR count). The topological polar surface area (TPSA) is 42.7 Å². The summed E-state index contributed by atoms with van der Waals surface area (Å²) >= 11 is 3.54. The second-order valence-corrected chi connectivity index (χ2v) is 5.59. The van der Waals surface area contributed by atoms with E-state index in [1.54, 1.807) is 0 Å². The number of aromatic nitrogens is 3. The van der Waals surface area contributed by atoms with E-state index in [0.717, 1.165) is 27.7 Å². The van der Waals surface area contributed by atoms with E-state index in [0.29, 0.717) is 0 Å². The van der Waals surface area contributed by atoms with Gasteiger partial charge in [0, 0.05) is 34.7 Å². The third-order valence-corrected chi connectivity index (χ3v) is 4.11. The highest BCUT2D eigenvalue weighted by Gasteiger charge is 2.05. The number of nitrogens with one attached hydrogen (secondary N) is 1. The largest absolute Gasteiger partial charge is 0.366 e. The summed E-state index contributed by atoms with van der Waals surface area (Å²) in [4.78, 5) is 4.64. The van der Waals surface area contributed by atoms with Crippen molar-refractivity contribution in [2.24, 2.45) is 7.05 Å². The molecule has 3 aromatic rings. The van der Waals surface area contributed by atoms with E-state index in [9.17, 15) is 0 Å². The fourth-order valence-electron chi connectivity index (χ4n) is 2.11. The maximum absolute atomic E-state index is 4.64. The summed E-state index contributed by atoms with van der Waals surface area (Å²) in [5.41, 5.74) is 3.32. The number of para-hydroxylation sites is 1. The lowest BCUT2D eigenvalue weighted by Crippen LogP contribution is -2.03. The van der Waals surface area contributed by atoms with Gasteiger partial charge in [-0.05, 0) is 41.1 Å². The lowest BCUT2D eigenvalue weighted by atomic mass is 10.2. The zero-order chi connectivity index (χ0) is 14.1. The molecule has 0 saturated heterocycles. The molecule has 0 aliphatic carbocycles. The lowest BCUT2D eigenvalue weighted by Gasteiger charge is -2.07. The standard InChI is InChI=1S/C15H15BrN4/c1-10-12(9-18-20(10)2)8-17-14-7-6-11-4-3-5-13(16)15(11)19-14/h3-7,9H,8H2,1-2H3,(H,17,19). The Labute approximate surface area is 126 Å². The Bertz CT molecular complexity index is 764. The van der Waals surface area contributed by atoms with Crippen LogP contribution in [0.1, 0.15) is 11.3 Å². The number of rotatable bonds is 3. The molecule has 0 amide bonds. The minimum atomic E-state index is 0.725. The number of benzene rings is 1. The summed E-state index contributed by atoms with van der Waals surface area (Å²) in [7, 11) is 1.95. The van der Waals surface area contributed by atoms with Crippen LogP contribution in [0.15, 0.2) is 41.0 Å². The van der Waals surface area contributed by atoms with Crippen molar-refractivity contribution >= 4 is 32.7 Å². The number of pyridine rings is 1. The van der Waals surface area contributed by atoms with Crippen LogP contribution in [0, 0.1) is 6.92 Å². The van der Waals surface area contributed by atoms with E-state index in [1.807, 2.05) is 36.1 Å². The Morgan fingerprint density at radius 1 is 1.25 bits per heavy atom. The highest BCUT2D eigenvalue weighted by Crippen LogP contribution is 2.23. The minimum absolute atomic E-state index is 0.725. The van der Waals surface area contributed by atoms with Gasteiger partial charge < -0.3 is 5.32 Å². The van der Waals surface area contributed by atoms with Crippen molar-refractivity contribution in [3.8, 4) is 0 Å². The van der Waals surface area contributed by atoms with Crippen LogP contribution >= 0.6 is 15.9 Å². The Hall–Kier alpha value is -1.88. The number of hydrogen-bond acceptors (Lipinski definition) is 3. The SMILES string of the molecule is Cc1c(CNc2ccc3cccc(Br)c3n2)cnn1C. The summed E-state index contributed by atoms with van der Waals surface area (Å²) < 4.78 is 2.89. The van der Waals surface area contributed by atoms with Crippen LogP contribution < -0.4 is 5.32 Å². The number of aryl methyl sites for hydroxylation is 1. The maximum atomic E-state index is 4.64. The van der Waals surface area contributed by atoms with Gasteiger partial charge in [0.05, 0.1) is 11.7 Å². The summed E-state index contributed by atoms with van der Waals surface area (Å²) in [6.07, 6.45) is 1.89. The number of anilines is 1. The first-order chi connectivity index (χ1) is 9.65. The van der Waals surface area contributed by atoms with Gasteiger partial charge in [0.2, 0.25) is 0 Å². The van der Waals surface area contributed by atoms with Crippen LogP contribution in [-0.2, 0) is 13.6 Å². The predicted molar refractivity (Wildman–Crippen MR) is 84.7 cm³/mol. The molecule has 0 radical (unpaired) electrons. The average Bonchev–Trinajstić information content (AvgIpc) is 2.77. The highest BCUT2D eigenvalue weighted by atomic mass is 79.9. The van der Waals surface area contributed by atoms with Crippen LogP contribution in [-0.4, -0.2) is 14.8 Å². The maximum Gasteiger partial charge on any atom is 0.126 e. The second-order valence-electron chi connectivity index (χ2n) is 4.74. The Kier molecular flexibility index (Phi) is 3.44. The molecule has 0 aliphatic heterocycles. The molecule has 102 valence electrons. The molecule has 1 aromatic carbocycles. The van der Waals surface area contributed by atoms with Crippen LogP contribution in [0.5, 0.6) is 0 Å². The lowest BCUT2D eigenvalue weighted by molar-refractivity contribution is 0.738. The number of hydrogen-bond donors (Lipinski definition) is 1. The molecule has 20 heavy (non-hydrogen) atoms.